The van der Waals surface area contributed by atoms with Crippen molar-refractivity contribution >= 4 is 38.2 Å². The molecule has 1 amide bonds. The van der Waals surface area contributed by atoms with E-state index in [-0.39, 0.29) is 33.9 Å². The Hall–Kier alpha value is -3.64. The summed E-state index contributed by atoms with van der Waals surface area (Å²) >= 11 is 0. The van der Waals surface area contributed by atoms with Crippen molar-refractivity contribution in [2.24, 2.45) is 5.14 Å². The Morgan fingerprint density at radius 2 is 2.00 bits per heavy atom. The van der Waals surface area contributed by atoms with E-state index >= 15 is 0 Å². The molecule has 4 rings (SSSR count). The second-order valence-electron chi connectivity index (χ2n) is 6.77. The fraction of sp³-hybridized carbons (Fsp3) is 0.167. The number of carbonyl (C=O) groups excluding carboxylic acids is 1. The molecule has 30 heavy (non-hydrogen) atoms. The van der Waals surface area contributed by atoms with Crippen LogP contribution < -0.4 is 15.6 Å². The summed E-state index contributed by atoms with van der Waals surface area (Å²) in [5.41, 5.74) is 0.721. The van der Waals surface area contributed by atoms with Gasteiger partial charge in [-0.15, -0.1) is 0 Å². The first-order chi connectivity index (χ1) is 14.1. The molecule has 1 aliphatic rings. The number of benzene rings is 2. The molecule has 0 atom stereocenters. The topological polar surface area (TPSA) is 158 Å². The summed E-state index contributed by atoms with van der Waals surface area (Å²) in [7, 11) is -3.84. The number of nitrogens with two attached hydrogens (primary N) is 1. The van der Waals surface area contributed by atoms with Crippen LogP contribution in [0.3, 0.4) is 0 Å². The summed E-state index contributed by atoms with van der Waals surface area (Å²) in [6.45, 7) is 0.0549. The van der Waals surface area contributed by atoms with Crippen LogP contribution in [-0.2, 0) is 27.8 Å². The molecule has 3 aromatic rings. The second kappa shape index (κ2) is 7.00. The Bertz CT molecular complexity index is 1380. The summed E-state index contributed by atoms with van der Waals surface area (Å²) in [6, 6.07) is 8.00. The first-order valence-electron chi connectivity index (χ1n) is 8.75. The molecule has 0 bridgehead atoms. The largest absolute Gasteiger partial charge is 0.310 e. The summed E-state index contributed by atoms with van der Waals surface area (Å²) < 4.78 is 24.1. The predicted molar refractivity (Wildman–Crippen MR) is 107 cm³/mol. The monoisotopic (exact) mass is 429 g/mol. The van der Waals surface area contributed by atoms with Crippen molar-refractivity contribution in [3.8, 4) is 0 Å². The zero-order valence-corrected chi connectivity index (χ0v) is 16.2. The van der Waals surface area contributed by atoms with Crippen molar-refractivity contribution in [2.75, 3.05) is 11.4 Å². The van der Waals surface area contributed by atoms with Gasteiger partial charge in [-0.3, -0.25) is 24.3 Å². The van der Waals surface area contributed by atoms with Crippen LogP contribution in [0, 0.1) is 10.1 Å². The molecule has 12 heteroatoms. The zero-order valence-electron chi connectivity index (χ0n) is 15.4. The highest BCUT2D eigenvalue weighted by atomic mass is 32.2. The lowest BCUT2D eigenvalue weighted by atomic mass is 10.2. The molecule has 11 nitrogen and oxygen atoms in total. The third kappa shape index (κ3) is 3.42. The highest BCUT2D eigenvalue weighted by Crippen LogP contribution is 2.30. The van der Waals surface area contributed by atoms with Crippen LogP contribution in [0.15, 0.2) is 52.4 Å². The Balaban J connectivity index is 1.62. The summed E-state index contributed by atoms with van der Waals surface area (Å²) in [4.78, 5) is 41.2. The SMILES string of the molecule is NS(=O)(=O)c1ccc2c(c1)CCN2C(=O)Cn1cnc2cc([N+](=O)[O-])ccc2c1=O. The van der Waals surface area contributed by atoms with Crippen LogP contribution >= 0.6 is 0 Å². The van der Waals surface area contributed by atoms with E-state index in [1.54, 1.807) is 0 Å². The predicted octanol–water partition coefficient (Wildman–Crippen LogP) is 0.541. The van der Waals surface area contributed by atoms with E-state index in [9.17, 15) is 28.1 Å². The number of fused-ring (bicyclic) bond motifs is 2. The smallest absolute Gasteiger partial charge is 0.271 e. The van der Waals surface area contributed by atoms with Gasteiger partial charge in [-0.25, -0.2) is 18.5 Å². The number of nitro benzene ring substituents is 1. The van der Waals surface area contributed by atoms with Gasteiger partial charge in [0.2, 0.25) is 15.9 Å². The van der Waals surface area contributed by atoms with Crippen molar-refractivity contribution in [1.29, 1.82) is 0 Å². The van der Waals surface area contributed by atoms with Gasteiger partial charge >= 0.3 is 0 Å². The third-order valence-corrected chi connectivity index (χ3v) is 5.81. The van der Waals surface area contributed by atoms with Crippen LogP contribution in [0.2, 0.25) is 0 Å². The molecule has 1 aromatic heterocycles. The van der Waals surface area contributed by atoms with Gasteiger partial charge in [0.1, 0.15) is 6.54 Å². The molecule has 154 valence electrons. The fourth-order valence-electron chi connectivity index (χ4n) is 3.42. The van der Waals surface area contributed by atoms with Gasteiger partial charge in [0.05, 0.1) is 27.0 Å². The van der Waals surface area contributed by atoms with E-state index in [1.165, 1.54) is 47.6 Å². The Morgan fingerprint density at radius 1 is 1.23 bits per heavy atom. The highest BCUT2D eigenvalue weighted by Gasteiger charge is 2.26. The molecule has 2 heterocycles. The number of sulfonamides is 1. The Kier molecular flexibility index (Phi) is 4.59. The number of aromatic nitrogens is 2. The van der Waals surface area contributed by atoms with E-state index in [0.29, 0.717) is 24.2 Å². The third-order valence-electron chi connectivity index (χ3n) is 4.90. The summed E-state index contributed by atoms with van der Waals surface area (Å²) in [5.74, 6) is -0.373. The van der Waals surface area contributed by atoms with Gasteiger partial charge in [-0.05, 0) is 36.2 Å². The van der Waals surface area contributed by atoms with Gasteiger partial charge in [0, 0.05) is 24.4 Å². The zero-order chi connectivity index (χ0) is 21.6. The summed E-state index contributed by atoms with van der Waals surface area (Å²) in [6.07, 6.45) is 1.63. The maximum atomic E-state index is 12.8. The maximum absolute atomic E-state index is 12.8. The van der Waals surface area contributed by atoms with Crippen LogP contribution in [0.25, 0.3) is 10.9 Å². The molecular weight excluding hydrogens is 414 g/mol. The normalized spacial score (nSPS) is 13.4. The van der Waals surface area contributed by atoms with Gasteiger partial charge in [0.15, 0.2) is 0 Å². The van der Waals surface area contributed by atoms with E-state index < -0.39 is 20.5 Å². The second-order valence-corrected chi connectivity index (χ2v) is 8.33. The number of amides is 1. The molecule has 2 N–H and O–H groups in total. The molecule has 0 radical (unpaired) electrons. The van der Waals surface area contributed by atoms with Crippen LogP contribution in [0.5, 0.6) is 0 Å². The number of rotatable bonds is 4. The molecule has 0 fully saturated rings. The minimum atomic E-state index is -3.84. The molecule has 2 aromatic carbocycles. The van der Waals surface area contributed by atoms with Crippen molar-refractivity contribution in [2.45, 2.75) is 17.9 Å². The van der Waals surface area contributed by atoms with Crippen molar-refractivity contribution in [3.63, 3.8) is 0 Å². The number of nitrogens with zero attached hydrogens (tertiary/aromatic N) is 4. The first-order valence-corrected chi connectivity index (χ1v) is 10.3. The van der Waals surface area contributed by atoms with Crippen LogP contribution in [-0.4, -0.2) is 35.3 Å². The van der Waals surface area contributed by atoms with Crippen molar-refractivity contribution in [3.05, 3.63) is 68.8 Å². The van der Waals surface area contributed by atoms with Gasteiger partial charge < -0.3 is 4.90 Å². The number of hydrogen-bond acceptors (Lipinski definition) is 7. The van der Waals surface area contributed by atoms with Crippen LogP contribution in [0.1, 0.15) is 5.56 Å². The average Bonchev–Trinajstić information content (AvgIpc) is 3.12. The minimum Gasteiger partial charge on any atom is -0.310 e. The van der Waals surface area contributed by atoms with E-state index in [0.717, 1.165) is 4.57 Å². The van der Waals surface area contributed by atoms with Crippen molar-refractivity contribution < 1.29 is 18.1 Å². The number of primary sulfonamides is 1. The molecule has 0 unspecified atom stereocenters. The molecule has 0 spiro atoms. The first kappa shape index (κ1) is 19.7. The number of anilines is 1. The summed E-state index contributed by atoms with van der Waals surface area (Å²) in [5, 5.41) is 16.2. The van der Waals surface area contributed by atoms with E-state index in [2.05, 4.69) is 4.98 Å². The molecule has 1 aliphatic heterocycles. The standard InChI is InChI=1S/C18H15N5O6S/c19-30(28,29)13-2-4-16-11(7-13)5-6-22(16)17(24)9-21-10-20-15-8-12(23(26)27)1-3-14(15)18(21)25/h1-4,7-8,10H,5-6,9H2,(H2,19,28,29). The lowest BCUT2D eigenvalue weighted by molar-refractivity contribution is -0.384. The Morgan fingerprint density at radius 3 is 2.70 bits per heavy atom. The fourth-order valence-corrected chi connectivity index (χ4v) is 3.98. The Labute approximate surface area is 169 Å². The quantitative estimate of drug-likeness (QED) is 0.468. The van der Waals surface area contributed by atoms with E-state index in [1.807, 2.05) is 0 Å². The lowest BCUT2D eigenvalue weighted by Gasteiger charge is -2.18. The average molecular weight is 429 g/mol. The van der Waals surface area contributed by atoms with Gasteiger partial charge in [0.25, 0.3) is 11.2 Å². The minimum absolute atomic E-state index is 0.0282. The van der Waals surface area contributed by atoms with Crippen molar-refractivity contribution in [1.82, 2.24) is 9.55 Å². The number of non-ortho nitro benzene ring substituents is 1. The molecule has 0 saturated carbocycles. The van der Waals surface area contributed by atoms with E-state index in [4.69, 9.17) is 5.14 Å². The molecule has 0 saturated heterocycles. The van der Waals surface area contributed by atoms with Gasteiger partial charge in [-0.1, -0.05) is 0 Å². The van der Waals surface area contributed by atoms with Gasteiger partial charge in [-0.2, -0.15) is 0 Å². The molecule has 0 aliphatic carbocycles. The number of nitro groups is 1. The van der Waals surface area contributed by atoms with Crippen LogP contribution in [0.4, 0.5) is 11.4 Å². The number of hydrogen-bond donors (Lipinski definition) is 1. The molecular formula is C18H15N5O6S. The number of carbonyl (C=O) groups is 1. The highest BCUT2D eigenvalue weighted by molar-refractivity contribution is 7.89. The maximum Gasteiger partial charge on any atom is 0.271 e. The lowest BCUT2D eigenvalue weighted by Crippen LogP contribution is -2.35.